The van der Waals surface area contributed by atoms with Gasteiger partial charge in [-0.1, -0.05) is 0 Å². The lowest BCUT2D eigenvalue weighted by molar-refractivity contribution is 0.183. The maximum atomic E-state index is 5.83. The molecule has 4 nitrogen and oxygen atoms in total. The average molecular weight is 279 g/mol. The van der Waals surface area contributed by atoms with Gasteiger partial charge in [0.25, 0.3) is 0 Å². The highest BCUT2D eigenvalue weighted by atomic mass is 127. The van der Waals surface area contributed by atoms with Gasteiger partial charge in [0.05, 0.1) is 35.1 Å². The van der Waals surface area contributed by atoms with Crippen LogP contribution in [0.3, 0.4) is 0 Å². The summed E-state index contributed by atoms with van der Waals surface area (Å²) >= 11 is 2.23. The molecule has 2 rings (SSSR count). The van der Waals surface area contributed by atoms with Crippen LogP contribution in [-0.4, -0.2) is 29.0 Å². The molecular weight excluding hydrogens is 269 g/mol. The summed E-state index contributed by atoms with van der Waals surface area (Å²) in [5.41, 5.74) is 5.83. The molecule has 12 heavy (non-hydrogen) atoms. The Labute approximate surface area is 84.2 Å². The van der Waals surface area contributed by atoms with Crippen molar-refractivity contribution in [3.05, 3.63) is 16.0 Å². The first-order chi connectivity index (χ1) is 5.77. The summed E-state index contributed by atoms with van der Waals surface area (Å²) in [5, 5.41) is 4.20. The number of nitrogens with two attached hydrogens (primary N) is 1. The van der Waals surface area contributed by atoms with Gasteiger partial charge in [-0.25, -0.2) is 0 Å². The first-order valence-corrected chi connectivity index (χ1v) is 4.88. The molecule has 0 aliphatic carbocycles. The number of rotatable bonds is 1. The quantitative estimate of drug-likeness (QED) is 0.756. The Morgan fingerprint density at radius 2 is 2.50 bits per heavy atom. The van der Waals surface area contributed by atoms with Crippen LogP contribution in [0.4, 0.5) is 0 Å². The summed E-state index contributed by atoms with van der Waals surface area (Å²) < 4.78 is 8.26. The van der Waals surface area contributed by atoms with Gasteiger partial charge in [0.1, 0.15) is 0 Å². The highest BCUT2D eigenvalue weighted by molar-refractivity contribution is 14.1. The van der Waals surface area contributed by atoms with Crippen LogP contribution < -0.4 is 5.73 Å². The lowest BCUT2D eigenvalue weighted by Crippen LogP contribution is -2.31. The van der Waals surface area contributed by atoms with Crippen molar-refractivity contribution < 1.29 is 4.74 Å². The minimum Gasteiger partial charge on any atom is -0.377 e. The molecule has 0 bridgehead atoms. The van der Waals surface area contributed by atoms with Gasteiger partial charge in [-0.15, -0.1) is 0 Å². The Hall–Kier alpha value is -0.140. The Morgan fingerprint density at radius 3 is 3.00 bits per heavy atom. The Kier molecular flexibility index (Phi) is 2.33. The number of ether oxygens (including phenoxy) is 1. The number of halogens is 1. The van der Waals surface area contributed by atoms with E-state index in [0.717, 1.165) is 3.57 Å². The lowest BCUT2D eigenvalue weighted by Gasteiger charge is -2.12. The van der Waals surface area contributed by atoms with Crippen LogP contribution >= 0.6 is 22.6 Å². The molecule has 0 aromatic carbocycles. The highest BCUT2D eigenvalue weighted by Gasteiger charge is 2.26. The monoisotopic (exact) mass is 279 g/mol. The van der Waals surface area contributed by atoms with Crippen molar-refractivity contribution in [2.45, 2.75) is 12.1 Å². The second kappa shape index (κ2) is 3.31. The molecule has 1 aliphatic heterocycles. The zero-order valence-corrected chi connectivity index (χ0v) is 8.64. The molecule has 5 heteroatoms. The molecule has 1 aromatic rings. The van der Waals surface area contributed by atoms with E-state index in [1.807, 2.05) is 17.1 Å². The smallest absolute Gasteiger partial charge is 0.0925 e. The molecule has 0 spiro atoms. The minimum atomic E-state index is 0.0840. The predicted molar refractivity (Wildman–Crippen MR) is 52.8 cm³/mol. The third-order valence-electron chi connectivity index (χ3n) is 2.00. The van der Waals surface area contributed by atoms with Crippen molar-refractivity contribution in [3.8, 4) is 0 Å². The molecule has 1 saturated heterocycles. The number of aromatic nitrogens is 2. The van der Waals surface area contributed by atoms with Crippen LogP contribution in [0, 0.1) is 3.57 Å². The van der Waals surface area contributed by atoms with E-state index in [9.17, 15) is 0 Å². The minimum absolute atomic E-state index is 0.0840. The third kappa shape index (κ3) is 1.48. The zero-order valence-electron chi connectivity index (χ0n) is 6.48. The average Bonchev–Trinajstić information content (AvgIpc) is 2.58. The predicted octanol–water partition coefficient (Wildman–Crippen LogP) is 0.386. The van der Waals surface area contributed by atoms with E-state index in [1.54, 1.807) is 0 Å². The number of nitrogens with zero attached hydrogens (tertiary/aromatic N) is 2. The summed E-state index contributed by atoms with van der Waals surface area (Å²) in [6.45, 7) is 1.32. The van der Waals surface area contributed by atoms with Crippen molar-refractivity contribution in [2.24, 2.45) is 5.73 Å². The van der Waals surface area contributed by atoms with E-state index >= 15 is 0 Å². The van der Waals surface area contributed by atoms with E-state index < -0.39 is 0 Å². The molecule has 1 aromatic heterocycles. The fraction of sp³-hybridized carbons (Fsp3) is 0.571. The summed E-state index contributed by atoms with van der Waals surface area (Å²) in [6, 6.07) is 0.300. The van der Waals surface area contributed by atoms with E-state index in [0.29, 0.717) is 13.2 Å². The molecule has 1 aliphatic rings. The standard InChI is InChI=1S/C7H10IN3O/c8-5-1-10-11(2-5)7-4-12-3-6(7)9/h1-2,6-7H,3-4,9H2. The van der Waals surface area contributed by atoms with Gasteiger partial charge in [-0.3, -0.25) is 4.68 Å². The van der Waals surface area contributed by atoms with Gasteiger partial charge in [0, 0.05) is 6.20 Å². The topological polar surface area (TPSA) is 53.1 Å². The lowest BCUT2D eigenvalue weighted by atomic mass is 10.2. The van der Waals surface area contributed by atoms with Crippen molar-refractivity contribution in [1.29, 1.82) is 0 Å². The molecule has 0 saturated carbocycles. The molecule has 2 atom stereocenters. The van der Waals surface area contributed by atoms with Gasteiger partial charge in [-0.05, 0) is 22.6 Å². The maximum Gasteiger partial charge on any atom is 0.0925 e. The van der Waals surface area contributed by atoms with Crippen molar-refractivity contribution >= 4 is 22.6 Å². The molecule has 2 unspecified atom stereocenters. The molecule has 0 radical (unpaired) electrons. The fourth-order valence-electron chi connectivity index (χ4n) is 1.33. The van der Waals surface area contributed by atoms with Gasteiger partial charge in [-0.2, -0.15) is 5.10 Å². The molecule has 2 heterocycles. The van der Waals surface area contributed by atoms with Gasteiger partial charge < -0.3 is 10.5 Å². The van der Waals surface area contributed by atoms with Crippen molar-refractivity contribution in [2.75, 3.05) is 13.2 Å². The van der Waals surface area contributed by atoms with E-state index in [-0.39, 0.29) is 12.1 Å². The first-order valence-electron chi connectivity index (χ1n) is 3.80. The molecule has 66 valence electrons. The zero-order chi connectivity index (χ0) is 8.55. The van der Waals surface area contributed by atoms with Crippen LogP contribution in [0.5, 0.6) is 0 Å². The second-order valence-electron chi connectivity index (χ2n) is 2.91. The van der Waals surface area contributed by atoms with Crippen molar-refractivity contribution in [3.63, 3.8) is 0 Å². The van der Waals surface area contributed by atoms with Crippen molar-refractivity contribution in [1.82, 2.24) is 9.78 Å². The van der Waals surface area contributed by atoms with Gasteiger partial charge in [0.15, 0.2) is 0 Å². The van der Waals surface area contributed by atoms with E-state index in [4.69, 9.17) is 10.5 Å². The normalized spacial score (nSPS) is 29.5. The van der Waals surface area contributed by atoms with E-state index in [1.165, 1.54) is 0 Å². The van der Waals surface area contributed by atoms with E-state index in [2.05, 4.69) is 27.7 Å². The molecular formula is C7H10IN3O. The first kappa shape index (κ1) is 8.46. The Bertz CT molecular complexity index is 275. The summed E-state index contributed by atoms with van der Waals surface area (Å²) in [4.78, 5) is 0. The number of hydrogen-bond acceptors (Lipinski definition) is 3. The summed E-state index contributed by atoms with van der Waals surface area (Å²) in [5.74, 6) is 0. The highest BCUT2D eigenvalue weighted by Crippen LogP contribution is 2.17. The summed E-state index contributed by atoms with van der Waals surface area (Å²) in [7, 11) is 0. The molecule has 2 N–H and O–H groups in total. The Morgan fingerprint density at radius 1 is 1.67 bits per heavy atom. The van der Waals surface area contributed by atoms with Crippen LogP contribution in [0.1, 0.15) is 6.04 Å². The summed E-state index contributed by atoms with van der Waals surface area (Å²) in [6.07, 6.45) is 3.81. The molecule has 0 amide bonds. The van der Waals surface area contributed by atoms with Crippen LogP contribution in [0.15, 0.2) is 12.4 Å². The second-order valence-corrected chi connectivity index (χ2v) is 4.15. The van der Waals surface area contributed by atoms with Crippen LogP contribution in [-0.2, 0) is 4.74 Å². The van der Waals surface area contributed by atoms with Crippen LogP contribution in [0.25, 0.3) is 0 Å². The fourth-order valence-corrected chi connectivity index (χ4v) is 1.74. The largest absolute Gasteiger partial charge is 0.377 e. The number of hydrogen-bond donors (Lipinski definition) is 1. The van der Waals surface area contributed by atoms with Crippen LogP contribution in [0.2, 0.25) is 0 Å². The molecule has 1 fully saturated rings. The van der Waals surface area contributed by atoms with Gasteiger partial charge >= 0.3 is 0 Å². The third-order valence-corrected chi connectivity index (χ3v) is 2.56. The maximum absolute atomic E-state index is 5.83. The Balaban J connectivity index is 2.19. The SMILES string of the molecule is NC1COCC1n1cc(I)cn1. The van der Waals surface area contributed by atoms with Gasteiger partial charge in [0.2, 0.25) is 0 Å².